The number of carbonyl (C=O) groups excluding carboxylic acids is 1. The number of rotatable bonds is 7. The number of hydrogen-bond acceptors (Lipinski definition) is 4. The van der Waals surface area contributed by atoms with Crippen LogP contribution in [0.25, 0.3) is 21.9 Å². The third-order valence-corrected chi connectivity index (χ3v) is 7.44. The van der Waals surface area contributed by atoms with Gasteiger partial charge in [-0.3, -0.25) is 9.78 Å². The summed E-state index contributed by atoms with van der Waals surface area (Å²) in [4.78, 5) is 25.1. The fourth-order valence-electron chi connectivity index (χ4n) is 5.40. The Labute approximate surface area is 204 Å². The second-order valence-corrected chi connectivity index (χ2v) is 9.56. The van der Waals surface area contributed by atoms with Gasteiger partial charge in [0.05, 0.1) is 23.2 Å². The van der Waals surface area contributed by atoms with E-state index < -0.39 is 0 Å². The molecule has 0 unspecified atom stereocenters. The maximum absolute atomic E-state index is 13.9. The average Bonchev–Trinajstić information content (AvgIpc) is 3.31. The van der Waals surface area contributed by atoms with E-state index in [1.165, 1.54) is 11.6 Å². The summed E-state index contributed by atoms with van der Waals surface area (Å²) in [5, 5.41) is 3.79. The van der Waals surface area contributed by atoms with Crippen molar-refractivity contribution in [3.63, 3.8) is 0 Å². The van der Waals surface area contributed by atoms with Crippen LogP contribution >= 0.6 is 0 Å². The predicted molar refractivity (Wildman–Crippen MR) is 135 cm³/mol. The Balaban J connectivity index is 1.27. The van der Waals surface area contributed by atoms with Crippen molar-refractivity contribution in [2.45, 2.75) is 44.4 Å². The summed E-state index contributed by atoms with van der Waals surface area (Å²) < 4.78 is 18.9. The van der Waals surface area contributed by atoms with Crippen LogP contribution in [0.15, 0.2) is 48.7 Å². The van der Waals surface area contributed by atoms with Crippen molar-refractivity contribution in [2.24, 2.45) is 5.92 Å². The first-order valence-corrected chi connectivity index (χ1v) is 12.3. The lowest BCUT2D eigenvalue weighted by Crippen LogP contribution is -2.26. The lowest BCUT2D eigenvalue weighted by Gasteiger charge is -2.32. The number of imidazole rings is 1. The van der Waals surface area contributed by atoms with Crippen LogP contribution in [0.1, 0.15) is 66.2 Å². The quantitative estimate of drug-likeness (QED) is 0.337. The number of benzene rings is 2. The number of aromatic amines is 1. The molecule has 0 bridgehead atoms. The van der Waals surface area contributed by atoms with Gasteiger partial charge in [0.15, 0.2) is 0 Å². The Kier molecular flexibility index (Phi) is 6.77. The van der Waals surface area contributed by atoms with Crippen LogP contribution in [0.2, 0.25) is 0 Å². The Morgan fingerprint density at radius 1 is 1.14 bits per heavy atom. The number of nitrogens with zero attached hydrogens (tertiary/aromatic N) is 2. The van der Waals surface area contributed by atoms with Crippen LogP contribution in [-0.4, -0.2) is 41.1 Å². The molecule has 0 saturated heterocycles. The highest BCUT2D eigenvalue weighted by atomic mass is 19.1. The molecule has 2 aromatic carbocycles. The summed E-state index contributed by atoms with van der Waals surface area (Å²) in [6.45, 7) is 3.19. The predicted octanol–water partition coefficient (Wildman–Crippen LogP) is 5.70. The molecule has 0 aliphatic heterocycles. The minimum Gasteiger partial charge on any atom is -0.383 e. The van der Waals surface area contributed by atoms with Crippen molar-refractivity contribution in [2.75, 3.05) is 20.3 Å². The molecule has 0 radical (unpaired) electrons. The maximum Gasteiger partial charge on any atom is 0.251 e. The first-order chi connectivity index (χ1) is 17.0. The zero-order chi connectivity index (χ0) is 24.4. The molecular formula is C28H31FN4O2. The van der Waals surface area contributed by atoms with Crippen molar-refractivity contribution in [3.8, 4) is 0 Å². The highest BCUT2D eigenvalue weighted by molar-refractivity contribution is 5.97. The molecule has 1 fully saturated rings. The van der Waals surface area contributed by atoms with E-state index in [9.17, 15) is 9.18 Å². The van der Waals surface area contributed by atoms with Gasteiger partial charge in [0, 0.05) is 36.7 Å². The largest absolute Gasteiger partial charge is 0.383 e. The number of aromatic nitrogens is 3. The molecule has 1 saturated carbocycles. The number of nitrogens with one attached hydrogen (secondary N) is 2. The summed E-state index contributed by atoms with van der Waals surface area (Å²) in [5.41, 5.74) is 4.43. The van der Waals surface area contributed by atoms with Gasteiger partial charge in [-0.25, -0.2) is 9.37 Å². The SMILES string of the molecule is COCCNC(=O)c1ccc2nc([C@H](C)[C@H]3CC[C@H](c4ccnc5ccc(F)cc54)CC3)[nH]c2c1. The van der Waals surface area contributed by atoms with E-state index in [1.807, 2.05) is 24.4 Å². The Bertz CT molecular complexity index is 1340. The molecule has 35 heavy (non-hydrogen) atoms. The number of pyridine rings is 1. The number of fused-ring (bicyclic) bond motifs is 2. The third kappa shape index (κ3) is 4.91. The van der Waals surface area contributed by atoms with E-state index in [0.29, 0.717) is 30.6 Å². The van der Waals surface area contributed by atoms with E-state index in [1.54, 1.807) is 19.2 Å². The first kappa shape index (κ1) is 23.4. The smallest absolute Gasteiger partial charge is 0.251 e. The van der Waals surface area contributed by atoms with Crippen molar-refractivity contribution >= 4 is 27.8 Å². The van der Waals surface area contributed by atoms with Gasteiger partial charge < -0.3 is 15.0 Å². The van der Waals surface area contributed by atoms with Crippen LogP contribution in [0.4, 0.5) is 4.39 Å². The molecule has 0 spiro atoms. The molecule has 1 aliphatic rings. The Hall–Kier alpha value is -3.32. The van der Waals surface area contributed by atoms with Crippen molar-refractivity contribution < 1.29 is 13.9 Å². The lowest BCUT2D eigenvalue weighted by molar-refractivity contribution is 0.0937. The maximum atomic E-state index is 13.9. The number of ether oxygens (including phenoxy) is 1. The van der Waals surface area contributed by atoms with Crippen LogP contribution in [-0.2, 0) is 4.74 Å². The molecule has 2 aromatic heterocycles. The van der Waals surface area contributed by atoms with E-state index in [2.05, 4.69) is 28.3 Å². The standard InChI is InChI=1S/C28H31FN4O2/c1-17(27-32-25-9-7-20(15-26(25)33-27)28(34)31-13-14-35-2)18-3-5-19(6-4-18)22-11-12-30-24-10-8-21(29)16-23(22)24/h7-12,15-19H,3-6,13-14H2,1-2H3,(H,31,34)(H,32,33)/t17-,18-,19-/m1/s1. The molecule has 7 heteroatoms. The van der Waals surface area contributed by atoms with Gasteiger partial charge >= 0.3 is 0 Å². The zero-order valence-electron chi connectivity index (χ0n) is 20.2. The Morgan fingerprint density at radius 2 is 1.94 bits per heavy atom. The summed E-state index contributed by atoms with van der Waals surface area (Å²) >= 11 is 0. The minimum atomic E-state index is -0.213. The van der Waals surface area contributed by atoms with E-state index in [4.69, 9.17) is 9.72 Å². The number of methoxy groups -OCH3 is 1. The van der Waals surface area contributed by atoms with E-state index in [-0.39, 0.29) is 17.6 Å². The fourth-order valence-corrected chi connectivity index (χ4v) is 5.40. The fraction of sp³-hybridized carbons (Fsp3) is 0.393. The molecule has 1 amide bonds. The van der Waals surface area contributed by atoms with Crippen LogP contribution in [0.3, 0.4) is 0 Å². The summed E-state index contributed by atoms with van der Waals surface area (Å²) in [7, 11) is 1.61. The van der Waals surface area contributed by atoms with Crippen LogP contribution in [0.5, 0.6) is 0 Å². The molecule has 4 aromatic rings. The second-order valence-electron chi connectivity index (χ2n) is 9.56. The van der Waals surface area contributed by atoms with E-state index >= 15 is 0 Å². The molecule has 2 heterocycles. The zero-order valence-corrected chi connectivity index (χ0v) is 20.2. The summed E-state index contributed by atoms with van der Waals surface area (Å²) in [5.74, 6) is 1.87. The van der Waals surface area contributed by atoms with Gasteiger partial charge in [-0.05, 0) is 85.5 Å². The summed E-state index contributed by atoms with van der Waals surface area (Å²) in [6, 6.07) is 12.5. The molecule has 2 N–H and O–H groups in total. The second kappa shape index (κ2) is 10.1. The van der Waals surface area contributed by atoms with Gasteiger partial charge in [0.25, 0.3) is 5.91 Å². The van der Waals surface area contributed by atoms with Gasteiger partial charge in [0.1, 0.15) is 11.6 Å². The van der Waals surface area contributed by atoms with Crippen molar-refractivity contribution in [1.29, 1.82) is 0 Å². The number of halogens is 1. The molecule has 1 aliphatic carbocycles. The van der Waals surface area contributed by atoms with Crippen molar-refractivity contribution in [1.82, 2.24) is 20.3 Å². The van der Waals surface area contributed by atoms with Gasteiger partial charge in [-0.1, -0.05) is 6.92 Å². The summed E-state index contributed by atoms with van der Waals surface area (Å²) in [6.07, 6.45) is 6.16. The molecule has 6 nitrogen and oxygen atoms in total. The third-order valence-electron chi connectivity index (χ3n) is 7.44. The average molecular weight is 475 g/mol. The monoisotopic (exact) mass is 474 g/mol. The number of carbonyl (C=O) groups is 1. The normalized spacial score (nSPS) is 19.2. The van der Waals surface area contributed by atoms with Gasteiger partial charge in [0.2, 0.25) is 0 Å². The van der Waals surface area contributed by atoms with Gasteiger partial charge in [-0.15, -0.1) is 0 Å². The molecule has 1 atom stereocenters. The topological polar surface area (TPSA) is 79.9 Å². The molecular weight excluding hydrogens is 443 g/mol. The Morgan fingerprint density at radius 3 is 2.74 bits per heavy atom. The lowest BCUT2D eigenvalue weighted by atomic mass is 9.73. The number of hydrogen-bond donors (Lipinski definition) is 2. The highest BCUT2D eigenvalue weighted by Gasteiger charge is 2.29. The minimum absolute atomic E-state index is 0.116. The number of H-pyrrole nitrogens is 1. The van der Waals surface area contributed by atoms with Gasteiger partial charge in [-0.2, -0.15) is 0 Å². The molecule has 5 rings (SSSR count). The number of amides is 1. The van der Waals surface area contributed by atoms with Crippen LogP contribution in [0, 0.1) is 11.7 Å². The first-order valence-electron chi connectivity index (χ1n) is 12.3. The highest BCUT2D eigenvalue weighted by Crippen LogP contribution is 2.43. The van der Waals surface area contributed by atoms with E-state index in [0.717, 1.165) is 53.4 Å². The molecule has 182 valence electrons. The van der Waals surface area contributed by atoms with Crippen molar-refractivity contribution in [3.05, 3.63) is 71.4 Å². The van der Waals surface area contributed by atoms with Crippen LogP contribution < -0.4 is 5.32 Å².